The number of carbonyl (C=O) groups excluding carboxylic acids is 1. The van der Waals surface area contributed by atoms with Gasteiger partial charge in [-0.1, -0.05) is 17.7 Å². The Balaban J connectivity index is 1.64. The van der Waals surface area contributed by atoms with E-state index in [9.17, 15) is 4.79 Å². The van der Waals surface area contributed by atoms with Crippen LogP contribution < -0.4 is 9.47 Å². The first-order valence-electron chi connectivity index (χ1n) is 5.53. The van der Waals surface area contributed by atoms with Crippen molar-refractivity contribution in [3.05, 3.63) is 45.1 Å². The van der Waals surface area contributed by atoms with Crippen LogP contribution in [0.1, 0.15) is 15.2 Å². The minimum Gasteiger partial charge on any atom is -0.457 e. The van der Waals surface area contributed by atoms with Crippen LogP contribution in [0, 0.1) is 0 Å². The van der Waals surface area contributed by atoms with E-state index in [4.69, 9.17) is 25.8 Å². The van der Waals surface area contributed by atoms with Gasteiger partial charge in [0.25, 0.3) is 0 Å². The molecule has 0 unspecified atom stereocenters. The Morgan fingerprint density at radius 3 is 2.89 bits per heavy atom. The van der Waals surface area contributed by atoms with Crippen LogP contribution >= 0.6 is 22.9 Å². The van der Waals surface area contributed by atoms with Crippen molar-refractivity contribution in [3.8, 4) is 11.5 Å². The number of benzene rings is 1. The van der Waals surface area contributed by atoms with E-state index >= 15 is 0 Å². The Bertz CT molecular complexity index is 623. The minimum atomic E-state index is -0.380. The highest BCUT2D eigenvalue weighted by Crippen LogP contribution is 2.32. The molecule has 0 saturated heterocycles. The first-order chi connectivity index (χ1) is 9.22. The Kier molecular flexibility index (Phi) is 3.31. The van der Waals surface area contributed by atoms with Crippen molar-refractivity contribution in [1.29, 1.82) is 0 Å². The molecule has 6 heteroatoms. The summed E-state index contributed by atoms with van der Waals surface area (Å²) in [5, 5.41) is 0. The van der Waals surface area contributed by atoms with Gasteiger partial charge in [-0.25, -0.2) is 4.79 Å². The van der Waals surface area contributed by atoms with E-state index in [0.29, 0.717) is 20.7 Å². The maximum absolute atomic E-state index is 11.7. The number of hydrogen-bond acceptors (Lipinski definition) is 5. The van der Waals surface area contributed by atoms with Crippen LogP contribution in [0.5, 0.6) is 11.5 Å². The Morgan fingerprint density at radius 2 is 2.11 bits per heavy atom. The predicted octanol–water partition coefficient (Wildman–Crippen LogP) is 3.49. The molecule has 0 atom stereocenters. The van der Waals surface area contributed by atoms with E-state index in [2.05, 4.69) is 0 Å². The highest BCUT2D eigenvalue weighted by atomic mass is 35.5. The van der Waals surface area contributed by atoms with Crippen molar-refractivity contribution in [2.24, 2.45) is 0 Å². The molecule has 0 amide bonds. The maximum Gasteiger partial charge on any atom is 0.348 e. The second-order valence-corrected chi connectivity index (χ2v) is 5.58. The minimum absolute atomic E-state index is 0.186. The van der Waals surface area contributed by atoms with E-state index in [1.54, 1.807) is 24.3 Å². The van der Waals surface area contributed by atoms with Crippen molar-refractivity contribution in [1.82, 2.24) is 0 Å². The van der Waals surface area contributed by atoms with Gasteiger partial charge in [0.05, 0.1) is 4.34 Å². The summed E-state index contributed by atoms with van der Waals surface area (Å²) in [6.07, 6.45) is 0. The number of esters is 1. The zero-order chi connectivity index (χ0) is 13.2. The van der Waals surface area contributed by atoms with Gasteiger partial charge in [0.15, 0.2) is 11.5 Å². The first-order valence-corrected chi connectivity index (χ1v) is 6.73. The zero-order valence-corrected chi connectivity index (χ0v) is 11.3. The fourth-order valence-corrected chi connectivity index (χ4v) is 2.61. The van der Waals surface area contributed by atoms with Crippen LogP contribution in [-0.2, 0) is 11.3 Å². The summed E-state index contributed by atoms with van der Waals surface area (Å²) >= 11 is 6.96. The van der Waals surface area contributed by atoms with Gasteiger partial charge in [-0.05, 0) is 29.8 Å². The summed E-state index contributed by atoms with van der Waals surface area (Å²) < 4.78 is 16.2. The third-order valence-corrected chi connectivity index (χ3v) is 3.79. The number of thiophene rings is 1. The fraction of sp³-hybridized carbons (Fsp3) is 0.154. The van der Waals surface area contributed by atoms with Crippen molar-refractivity contribution in [2.45, 2.75) is 6.61 Å². The van der Waals surface area contributed by atoms with Gasteiger partial charge in [-0.3, -0.25) is 0 Å². The summed E-state index contributed by atoms with van der Waals surface area (Å²) in [7, 11) is 0. The standard InChI is InChI=1S/C13H9ClO4S/c14-12-4-3-11(19-12)13(15)16-6-8-1-2-9-10(5-8)18-7-17-9/h1-5H,6-7H2. The normalized spacial score (nSPS) is 12.5. The molecule has 1 aromatic heterocycles. The molecule has 0 saturated carbocycles. The van der Waals surface area contributed by atoms with Gasteiger partial charge in [-0.2, -0.15) is 0 Å². The van der Waals surface area contributed by atoms with Crippen LogP contribution in [0.2, 0.25) is 4.34 Å². The molecule has 2 heterocycles. The molecule has 0 spiro atoms. The van der Waals surface area contributed by atoms with Crippen LogP contribution in [0.25, 0.3) is 0 Å². The highest BCUT2D eigenvalue weighted by molar-refractivity contribution is 7.17. The topological polar surface area (TPSA) is 44.8 Å². The lowest BCUT2D eigenvalue weighted by atomic mass is 10.2. The average Bonchev–Trinajstić information content (AvgIpc) is 3.03. The van der Waals surface area contributed by atoms with Crippen molar-refractivity contribution in [2.75, 3.05) is 6.79 Å². The number of rotatable bonds is 3. The van der Waals surface area contributed by atoms with Gasteiger partial charge in [0.2, 0.25) is 6.79 Å². The lowest BCUT2D eigenvalue weighted by Crippen LogP contribution is -2.02. The molecule has 2 aromatic rings. The molecule has 0 fully saturated rings. The van der Waals surface area contributed by atoms with E-state index in [1.165, 1.54) is 11.3 Å². The fourth-order valence-electron chi connectivity index (χ4n) is 1.67. The Hall–Kier alpha value is -1.72. The second kappa shape index (κ2) is 5.11. The molecule has 0 N–H and O–H groups in total. The van der Waals surface area contributed by atoms with Gasteiger partial charge >= 0.3 is 5.97 Å². The predicted molar refractivity (Wildman–Crippen MR) is 71.0 cm³/mol. The Labute approximate surface area is 118 Å². The van der Waals surface area contributed by atoms with Crippen molar-refractivity contribution in [3.63, 3.8) is 0 Å². The van der Waals surface area contributed by atoms with E-state index in [0.717, 1.165) is 5.56 Å². The second-order valence-electron chi connectivity index (χ2n) is 3.87. The SMILES string of the molecule is O=C(OCc1ccc2c(c1)OCO2)c1ccc(Cl)s1. The molecular formula is C13H9ClO4S. The monoisotopic (exact) mass is 296 g/mol. The quantitative estimate of drug-likeness (QED) is 0.813. The van der Waals surface area contributed by atoms with Crippen molar-refractivity contribution >= 4 is 28.9 Å². The molecule has 0 bridgehead atoms. The molecule has 0 aliphatic carbocycles. The van der Waals surface area contributed by atoms with Gasteiger partial charge in [0.1, 0.15) is 11.5 Å². The number of ether oxygens (including phenoxy) is 3. The molecule has 0 radical (unpaired) electrons. The summed E-state index contributed by atoms with van der Waals surface area (Å²) in [4.78, 5) is 12.2. The van der Waals surface area contributed by atoms with Crippen LogP contribution in [0.15, 0.2) is 30.3 Å². The summed E-state index contributed by atoms with van der Waals surface area (Å²) in [6.45, 7) is 0.414. The van der Waals surface area contributed by atoms with Gasteiger partial charge in [-0.15, -0.1) is 11.3 Å². The lowest BCUT2D eigenvalue weighted by molar-refractivity contribution is 0.0478. The average molecular weight is 297 g/mol. The van der Waals surface area contributed by atoms with Crippen LogP contribution in [0.4, 0.5) is 0 Å². The third-order valence-electron chi connectivity index (χ3n) is 2.58. The van der Waals surface area contributed by atoms with Gasteiger partial charge < -0.3 is 14.2 Å². The molecule has 1 aliphatic heterocycles. The number of hydrogen-bond donors (Lipinski definition) is 0. The zero-order valence-electron chi connectivity index (χ0n) is 9.72. The number of carbonyl (C=O) groups is 1. The first kappa shape index (κ1) is 12.3. The highest BCUT2D eigenvalue weighted by Gasteiger charge is 2.15. The lowest BCUT2D eigenvalue weighted by Gasteiger charge is -2.04. The number of fused-ring (bicyclic) bond motifs is 1. The van der Waals surface area contributed by atoms with Crippen LogP contribution in [0.3, 0.4) is 0 Å². The summed E-state index contributed by atoms with van der Waals surface area (Å²) in [5.74, 6) is 1.00. The summed E-state index contributed by atoms with van der Waals surface area (Å²) in [5.41, 5.74) is 0.847. The van der Waals surface area contributed by atoms with E-state index in [-0.39, 0.29) is 19.4 Å². The molecule has 1 aromatic carbocycles. The molecule has 3 rings (SSSR count). The molecular weight excluding hydrogens is 288 g/mol. The van der Waals surface area contributed by atoms with E-state index < -0.39 is 0 Å². The molecule has 98 valence electrons. The smallest absolute Gasteiger partial charge is 0.348 e. The summed E-state index contributed by atoms with van der Waals surface area (Å²) in [6, 6.07) is 8.76. The van der Waals surface area contributed by atoms with E-state index in [1.807, 2.05) is 6.07 Å². The molecule has 19 heavy (non-hydrogen) atoms. The molecule has 1 aliphatic rings. The maximum atomic E-state index is 11.7. The van der Waals surface area contributed by atoms with Crippen LogP contribution in [-0.4, -0.2) is 12.8 Å². The number of halogens is 1. The Morgan fingerprint density at radius 1 is 1.26 bits per heavy atom. The molecule has 4 nitrogen and oxygen atoms in total. The third kappa shape index (κ3) is 2.67. The van der Waals surface area contributed by atoms with Crippen molar-refractivity contribution < 1.29 is 19.0 Å². The van der Waals surface area contributed by atoms with Gasteiger partial charge in [0, 0.05) is 0 Å². The largest absolute Gasteiger partial charge is 0.457 e.